The largest absolute Gasteiger partial charge is 0.492 e. The second-order valence-electron chi connectivity index (χ2n) is 9.60. The Bertz CT molecular complexity index is 1530. The normalized spacial score (nSPS) is 17.4. The number of thiocarbonyl (C=S) groups is 1. The maximum atomic E-state index is 13.2. The lowest BCUT2D eigenvalue weighted by molar-refractivity contribution is -0.122. The Labute approximate surface area is 241 Å². The average Bonchev–Trinajstić information content (AvgIpc) is 3.72. The number of thioether (sulfide) groups is 1. The summed E-state index contributed by atoms with van der Waals surface area (Å²) in [6.45, 7) is 5.32. The number of benzene rings is 2. The summed E-state index contributed by atoms with van der Waals surface area (Å²) in [6, 6.07) is 14.5. The number of fused-ring (bicyclic) bond motifs is 1. The molecule has 2 aliphatic rings. The number of nitrogens with zero attached hydrogens (tertiary/aromatic N) is 5. The minimum absolute atomic E-state index is 0.0794. The predicted octanol–water partition coefficient (Wildman–Crippen LogP) is 3.89. The monoisotopic (exact) mass is 575 g/mol. The highest BCUT2D eigenvalue weighted by Crippen LogP contribution is 2.36. The summed E-state index contributed by atoms with van der Waals surface area (Å²) < 4.78 is 12.3. The fourth-order valence-corrected chi connectivity index (χ4v) is 6.16. The Hall–Kier alpha value is -3.58. The summed E-state index contributed by atoms with van der Waals surface area (Å²) >= 11 is 6.86. The number of aromatic amines is 2. The standard InChI is InChI=1S/C28H29N7O3S2/c36-27-25(40-28(39)35(27)9-1-2-26-30-32-33-31-26)17-19-3-6-24(38-15-12-34-10-13-37-14-11-34)22(16-19)20-4-5-23-21(18-20)7-8-29-23/h3-8,16-18,29H,1-2,9-15H2,(H,30,31,32,33). The van der Waals surface area contributed by atoms with E-state index in [4.69, 9.17) is 21.7 Å². The van der Waals surface area contributed by atoms with Gasteiger partial charge in [-0.2, -0.15) is 5.21 Å². The summed E-state index contributed by atoms with van der Waals surface area (Å²) in [4.78, 5) is 21.1. The minimum Gasteiger partial charge on any atom is -0.492 e. The van der Waals surface area contributed by atoms with Crippen LogP contribution in [0.4, 0.5) is 0 Å². The fourth-order valence-electron chi connectivity index (χ4n) is 4.85. The molecule has 2 aliphatic heterocycles. The first kappa shape index (κ1) is 26.6. The lowest BCUT2D eigenvalue weighted by Gasteiger charge is -2.26. The number of ether oxygens (including phenoxy) is 2. The Kier molecular flexibility index (Phi) is 8.19. The molecular formula is C28H29N7O3S2. The van der Waals surface area contributed by atoms with Crippen molar-refractivity contribution < 1.29 is 14.3 Å². The zero-order valence-corrected chi connectivity index (χ0v) is 23.5. The summed E-state index contributed by atoms with van der Waals surface area (Å²) in [5.41, 5.74) is 4.03. The number of hydrogen-bond donors (Lipinski definition) is 2. The van der Waals surface area contributed by atoms with Crippen molar-refractivity contribution >= 4 is 51.2 Å². The van der Waals surface area contributed by atoms with Crippen LogP contribution in [0.3, 0.4) is 0 Å². The third-order valence-electron chi connectivity index (χ3n) is 6.98. The molecule has 0 atom stereocenters. The van der Waals surface area contributed by atoms with Crippen LogP contribution in [-0.2, 0) is 16.0 Å². The van der Waals surface area contributed by atoms with Gasteiger partial charge in [-0.25, -0.2) is 0 Å². The smallest absolute Gasteiger partial charge is 0.266 e. The van der Waals surface area contributed by atoms with Crippen molar-refractivity contribution in [2.45, 2.75) is 12.8 Å². The molecule has 2 aromatic heterocycles. The van der Waals surface area contributed by atoms with Crippen LogP contribution in [-0.4, -0.2) is 91.6 Å². The van der Waals surface area contributed by atoms with Crippen LogP contribution in [0.1, 0.15) is 17.8 Å². The van der Waals surface area contributed by atoms with Crippen molar-refractivity contribution in [1.82, 2.24) is 35.4 Å². The van der Waals surface area contributed by atoms with Gasteiger partial charge in [0.05, 0.1) is 18.1 Å². The maximum Gasteiger partial charge on any atom is 0.266 e. The lowest BCUT2D eigenvalue weighted by Crippen LogP contribution is -2.38. The predicted molar refractivity (Wildman–Crippen MR) is 159 cm³/mol. The highest BCUT2D eigenvalue weighted by atomic mass is 32.2. The van der Waals surface area contributed by atoms with Crippen molar-refractivity contribution in [3.05, 3.63) is 65.0 Å². The summed E-state index contributed by atoms with van der Waals surface area (Å²) in [7, 11) is 0. The van der Waals surface area contributed by atoms with Crippen LogP contribution >= 0.6 is 24.0 Å². The van der Waals surface area contributed by atoms with Crippen molar-refractivity contribution in [2.75, 3.05) is 46.0 Å². The number of H-pyrrole nitrogens is 2. The molecule has 1 amide bonds. The zero-order valence-electron chi connectivity index (χ0n) is 21.8. The van der Waals surface area contributed by atoms with Gasteiger partial charge in [0.15, 0.2) is 5.82 Å². The van der Waals surface area contributed by atoms with Gasteiger partial charge in [-0.3, -0.25) is 14.6 Å². The molecule has 0 aliphatic carbocycles. The van der Waals surface area contributed by atoms with Gasteiger partial charge >= 0.3 is 0 Å². The number of aromatic nitrogens is 5. The van der Waals surface area contributed by atoms with Crippen molar-refractivity contribution in [3.63, 3.8) is 0 Å². The van der Waals surface area contributed by atoms with E-state index in [0.29, 0.717) is 41.0 Å². The molecule has 2 fully saturated rings. The molecule has 0 radical (unpaired) electrons. The first-order valence-corrected chi connectivity index (χ1v) is 14.5. The fraction of sp³-hybridized carbons (Fsp3) is 0.321. The number of carbonyl (C=O) groups is 1. The Morgan fingerprint density at radius 2 is 2.02 bits per heavy atom. The number of hydrogen-bond acceptors (Lipinski definition) is 9. The van der Waals surface area contributed by atoms with Gasteiger partial charge in [0.25, 0.3) is 5.91 Å². The summed E-state index contributed by atoms with van der Waals surface area (Å²) in [5.74, 6) is 1.36. The zero-order chi connectivity index (χ0) is 27.3. The van der Waals surface area contributed by atoms with Crippen LogP contribution in [0.15, 0.2) is 53.6 Å². The third kappa shape index (κ3) is 6.09. The molecule has 6 rings (SSSR count). The molecule has 0 saturated carbocycles. The minimum atomic E-state index is -0.0794. The molecule has 10 nitrogen and oxygen atoms in total. The van der Waals surface area contributed by atoms with E-state index in [2.05, 4.69) is 60.8 Å². The number of morpholine rings is 1. The second kappa shape index (κ2) is 12.3. The molecule has 12 heteroatoms. The van der Waals surface area contributed by atoms with Gasteiger partial charge < -0.3 is 14.5 Å². The SMILES string of the molecule is O=C1C(=Cc2ccc(OCCN3CCOCC3)c(-c3ccc4[nH]ccc4c3)c2)SC(=S)N1CCCc1nn[nH]n1. The molecule has 0 unspecified atom stereocenters. The van der Waals surface area contributed by atoms with Crippen LogP contribution in [0.5, 0.6) is 5.75 Å². The molecule has 40 heavy (non-hydrogen) atoms. The van der Waals surface area contributed by atoms with Crippen molar-refractivity contribution in [1.29, 1.82) is 0 Å². The topological polar surface area (TPSA) is 112 Å². The molecule has 206 valence electrons. The van der Waals surface area contributed by atoms with Gasteiger partial charge in [-0.1, -0.05) is 41.3 Å². The Morgan fingerprint density at radius 1 is 1.12 bits per heavy atom. The molecule has 4 aromatic rings. The first-order valence-electron chi connectivity index (χ1n) is 13.3. The van der Waals surface area contributed by atoms with Crippen molar-refractivity contribution in [3.8, 4) is 16.9 Å². The van der Waals surface area contributed by atoms with Crippen LogP contribution in [0.2, 0.25) is 0 Å². The van der Waals surface area contributed by atoms with Crippen LogP contribution < -0.4 is 4.74 Å². The summed E-state index contributed by atoms with van der Waals surface area (Å²) in [5, 5.41) is 15.1. The lowest BCUT2D eigenvalue weighted by atomic mass is 10.00. The van der Waals surface area contributed by atoms with Gasteiger partial charge in [0.2, 0.25) is 0 Å². The molecule has 0 bridgehead atoms. The molecule has 0 spiro atoms. The van der Waals surface area contributed by atoms with Gasteiger partial charge in [-0.05, 0) is 59.3 Å². The maximum absolute atomic E-state index is 13.2. The average molecular weight is 576 g/mol. The number of nitrogens with one attached hydrogen (secondary N) is 2. The first-order chi connectivity index (χ1) is 19.6. The number of rotatable bonds is 10. The van der Waals surface area contributed by atoms with Crippen molar-refractivity contribution in [2.24, 2.45) is 0 Å². The molecule has 2 saturated heterocycles. The molecule has 4 heterocycles. The Balaban J connectivity index is 1.21. The Morgan fingerprint density at radius 3 is 2.88 bits per heavy atom. The van der Waals surface area contributed by atoms with Crippen LogP contribution in [0, 0.1) is 0 Å². The van der Waals surface area contributed by atoms with E-state index in [9.17, 15) is 4.79 Å². The van der Waals surface area contributed by atoms with E-state index in [1.165, 1.54) is 11.8 Å². The van der Waals surface area contributed by atoms with Gasteiger partial charge in [0, 0.05) is 49.9 Å². The van der Waals surface area contributed by atoms with Crippen LogP contribution in [0.25, 0.3) is 28.1 Å². The molecule has 2 N–H and O–H groups in total. The van der Waals surface area contributed by atoms with E-state index in [0.717, 1.165) is 66.2 Å². The van der Waals surface area contributed by atoms with E-state index >= 15 is 0 Å². The quantitative estimate of drug-likeness (QED) is 0.215. The van der Waals surface area contributed by atoms with Gasteiger partial charge in [0.1, 0.15) is 16.7 Å². The number of amides is 1. The van der Waals surface area contributed by atoms with E-state index in [1.807, 2.05) is 24.4 Å². The number of aryl methyl sites for hydroxylation is 1. The summed E-state index contributed by atoms with van der Waals surface area (Å²) in [6.07, 6.45) is 5.17. The van der Waals surface area contributed by atoms with E-state index in [-0.39, 0.29) is 5.91 Å². The number of tetrazole rings is 1. The third-order valence-corrected chi connectivity index (χ3v) is 8.36. The van der Waals surface area contributed by atoms with Gasteiger partial charge in [-0.15, -0.1) is 10.2 Å². The highest BCUT2D eigenvalue weighted by molar-refractivity contribution is 8.26. The second-order valence-corrected chi connectivity index (χ2v) is 11.3. The molecular weight excluding hydrogens is 546 g/mol. The number of carbonyl (C=O) groups excluding carboxylic acids is 1. The molecule has 2 aromatic carbocycles. The van der Waals surface area contributed by atoms with E-state index < -0.39 is 0 Å². The van der Waals surface area contributed by atoms with E-state index in [1.54, 1.807) is 4.90 Å². The highest BCUT2D eigenvalue weighted by Gasteiger charge is 2.31.